The van der Waals surface area contributed by atoms with Gasteiger partial charge in [-0.2, -0.15) is 0 Å². The van der Waals surface area contributed by atoms with Crippen LogP contribution in [0.2, 0.25) is 0 Å². The van der Waals surface area contributed by atoms with Gasteiger partial charge >= 0.3 is 5.69 Å². The van der Waals surface area contributed by atoms with Crippen LogP contribution in [-0.2, 0) is 0 Å². The molecule has 1 heterocycles. The second-order valence-electron chi connectivity index (χ2n) is 5.13. The topological polar surface area (TPSA) is 94.1 Å². The highest BCUT2D eigenvalue weighted by atomic mass is 16.6. The first kappa shape index (κ1) is 13.2. The van der Waals surface area contributed by atoms with E-state index in [0.717, 1.165) is 0 Å². The number of pyridine rings is 1. The van der Waals surface area contributed by atoms with E-state index < -0.39 is 10.5 Å². The summed E-state index contributed by atoms with van der Waals surface area (Å²) in [5, 5.41) is 14.8. The number of nitrogens with zero attached hydrogens (tertiary/aromatic N) is 2. The zero-order chi connectivity index (χ0) is 14.0. The van der Waals surface area contributed by atoms with Crippen LogP contribution >= 0.6 is 0 Å². The molecule has 1 aromatic heterocycles. The Morgan fingerprint density at radius 1 is 1.42 bits per heavy atom. The molecule has 2 aromatic rings. The summed E-state index contributed by atoms with van der Waals surface area (Å²) < 4.78 is 0. The highest BCUT2D eigenvalue weighted by molar-refractivity contribution is 5.94. The number of nitrogens with one attached hydrogen (secondary N) is 1. The Bertz CT molecular complexity index is 620. The molecule has 6 nitrogen and oxygen atoms in total. The predicted octanol–water partition coefficient (Wildman–Crippen LogP) is 2.29. The Hall–Kier alpha value is -2.21. The fourth-order valence-electron chi connectivity index (χ4n) is 1.80. The van der Waals surface area contributed by atoms with Crippen molar-refractivity contribution in [3.63, 3.8) is 0 Å². The molecule has 0 fully saturated rings. The molecule has 0 aliphatic rings. The van der Waals surface area contributed by atoms with E-state index in [1.54, 1.807) is 30.5 Å². The van der Waals surface area contributed by atoms with E-state index in [-0.39, 0.29) is 5.69 Å². The van der Waals surface area contributed by atoms with Gasteiger partial charge in [0.2, 0.25) is 0 Å². The second-order valence-corrected chi connectivity index (χ2v) is 5.13. The molecule has 0 aliphatic heterocycles. The lowest BCUT2D eigenvalue weighted by Gasteiger charge is -2.19. The first-order valence-corrected chi connectivity index (χ1v) is 5.93. The number of aromatic nitrogens is 1. The fourth-order valence-corrected chi connectivity index (χ4v) is 1.80. The fraction of sp³-hybridized carbons (Fsp3) is 0.308. The van der Waals surface area contributed by atoms with Crippen LogP contribution in [0.4, 0.5) is 11.4 Å². The molecule has 3 N–H and O–H groups in total. The maximum absolute atomic E-state index is 11.3. The Kier molecular flexibility index (Phi) is 3.35. The van der Waals surface area contributed by atoms with Crippen LogP contribution in [-0.4, -0.2) is 22.0 Å². The minimum Gasteiger partial charge on any atom is -0.378 e. The van der Waals surface area contributed by atoms with Crippen molar-refractivity contribution in [1.29, 1.82) is 0 Å². The van der Waals surface area contributed by atoms with Crippen molar-refractivity contribution >= 4 is 22.3 Å². The molecular weight excluding hydrogens is 244 g/mol. The van der Waals surface area contributed by atoms with E-state index in [0.29, 0.717) is 23.1 Å². The van der Waals surface area contributed by atoms with Crippen molar-refractivity contribution in [3.05, 3.63) is 40.6 Å². The third-order valence-electron chi connectivity index (χ3n) is 2.67. The minimum absolute atomic E-state index is 0.0369. The van der Waals surface area contributed by atoms with Crippen molar-refractivity contribution in [2.45, 2.75) is 19.4 Å². The zero-order valence-corrected chi connectivity index (χ0v) is 10.9. The molecule has 0 spiro atoms. The van der Waals surface area contributed by atoms with E-state index in [4.69, 9.17) is 5.73 Å². The maximum Gasteiger partial charge on any atom is 0.301 e. The number of benzene rings is 1. The van der Waals surface area contributed by atoms with Gasteiger partial charge in [-0.15, -0.1) is 0 Å². The largest absolute Gasteiger partial charge is 0.378 e. The molecule has 0 aliphatic carbocycles. The predicted molar refractivity (Wildman–Crippen MR) is 75.2 cm³/mol. The van der Waals surface area contributed by atoms with E-state index in [2.05, 4.69) is 10.3 Å². The van der Waals surface area contributed by atoms with Crippen LogP contribution in [0.15, 0.2) is 30.5 Å². The average Bonchev–Trinajstić information content (AvgIpc) is 2.34. The first-order chi connectivity index (χ1) is 8.88. The lowest BCUT2D eigenvalue weighted by molar-refractivity contribution is -0.382. The van der Waals surface area contributed by atoms with Gasteiger partial charge in [-0.25, -0.2) is 0 Å². The molecule has 0 saturated heterocycles. The summed E-state index contributed by atoms with van der Waals surface area (Å²) in [6.45, 7) is 4.16. The third-order valence-corrected chi connectivity index (χ3v) is 2.67. The van der Waals surface area contributed by atoms with E-state index in [1.807, 2.05) is 13.8 Å². The molecule has 0 atom stereocenters. The molecule has 6 heteroatoms. The summed E-state index contributed by atoms with van der Waals surface area (Å²) in [7, 11) is 0. The summed E-state index contributed by atoms with van der Waals surface area (Å²) in [5.41, 5.74) is 6.53. The summed E-state index contributed by atoms with van der Waals surface area (Å²) in [4.78, 5) is 15.0. The van der Waals surface area contributed by atoms with Gasteiger partial charge in [-0.05, 0) is 38.1 Å². The molecule has 0 amide bonds. The Morgan fingerprint density at radius 2 is 2.16 bits per heavy atom. The van der Waals surface area contributed by atoms with Crippen molar-refractivity contribution in [1.82, 2.24) is 4.98 Å². The number of nitrogens with two attached hydrogens (primary N) is 1. The van der Waals surface area contributed by atoms with Crippen molar-refractivity contribution in [3.8, 4) is 0 Å². The molecule has 19 heavy (non-hydrogen) atoms. The third kappa shape index (κ3) is 2.97. The highest BCUT2D eigenvalue weighted by Gasteiger charge is 2.20. The van der Waals surface area contributed by atoms with Crippen molar-refractivity contribution < 1.29 is 4.92 Å². The van der Waals surface area contributed by atoms with Gasteiger partial charge in [0, 0.05) is 18.3 Å². The lowest BCUT2D eigenvalue weighted by atomic mass is 10.1. The molecule has 0 saturated carbocycles. The Morgan fingerprint density at radius 3 is 2.79 bits per heavy atom. The first-order valence-electron chi connectivity index (χ1n) is 5.93. The van der Waals surface area contributed by atoms with Gasteiger partial charge in [0.15, 0.2) is 0 Å². The number of anilines is 1. The van der Waals surface area contributed by atoms with Crippen LogP contribution in [0.1, 0.15) is 13.8 Å². The van der Waals surface area contributed by atoms with Crippen LogP contribution in [0.25, 0.3) is 10.9 Å². The van der Waals surface area contributed by atoms with Crippen LogP contribution in [0.3, 0.4) is 0 Å². The van der Waals surface area contributed by atoms with E-state index in [9.17, 15) is 10.1 Å². The molecular formula is C13H16N4O2. The normalized spacial score (nSPS) is 11.5. The van der Waals surface area contributed by atoms with E-state index >= 15 is 0 Å². The molecule has 0 radical (unpaired) electrons. The van der Waals surface area contributed by atoms with Crippen LogP contribution in [0, 0.1) is 10.1 Å². The van der Waals surface area contributed by atoms with Crippen molar-refractivity contribution in [2.75, 3.05) is 11.9 Å². The highest BCUT2D eigenvalue weighted by Crippen LogP contribution is 2.32. The standard InChI is InChI=1S/C13H16N4O2/c1-13(2,14)8-16-11-6-5-10-9(4-3-7-15-10)12(11)17(18)19/h3-7,16H,8,14H2,1-2H3. The summed E-state index contributed by atoms with van der Waals surface area (Å²) in [6, 6.07) is 6.80. The van der Waals surface area contributed by atoms with Crippen LogP contribution in [0.5, 0.6) is 0 Å². The number of hydrogen-bond acceptors (Lipinski definition) is 5. The number of nitro groups is 1. The monoisotopic (exact) mass is 260 g/mol. The average molecular weight is 260 g/mol. The summed E-state index contributed by atoms with van der Waals surface area (Å²) in [5.74, 6) is 0. The maximum atomic E-state index is 11.3. The minimum atomic E-state index is -0.447. The van der Waals surface area contributed by atoms with Gasteiger partial charge in [-0.1, -0.05) is 0 Å². The van der Waals surface area contributed by atoms with E-state index in [1.165, 1.54) is 0 Å². The van der Waals surface area contributed by atoms with Gasteiger partial charge in [0.1, 0.15) is 5.69 Å². The lowest BCUT2D eigenvalue weighted by Crippen LogP contribution is -2.39. The molecule has 100 valence electrons. The van der Waals surface area contributed by atoms with Crippen molar-refractivity contribution in [2.24, 2.45) is 5.73 Å². The number of hydrogen-bond donors (Lipinski definition) is 2. The Labute approximate surface area is 110 Å². The SMILES string of the molecule is CC(C)(N)CNc1ccc2ncccc2c1[N+](=O)[O-]. The molecule has 0 bridgehead atoms. The smallest absolute Gasteiger partial charge is 0.301 e. The van der Waals surface area contributed by atoms with Gasteiger partial charge in [0.05, 0.1) is 15.8 Å². The number of fused-ring (bicyclic) bond motifs is 1. The number of rotatable bonds is 4. The number of nitro benzene ring substituents is 1. The molecule has 0 unspecified atom stereocenters. The molecule has 2 rings (SSSR count). The Balaban J connectivity index is 2.49. The van der Waals surface area contributed by atoms with Gasteiger partial charge < -0.3 is 11.1 Å². The quantitative estimate of drug-likeness (QED) is 0.649. The molecule has 1 aromatic carbocycles. The van der Waals surface area contributed by atoms with Crippen LogP contribution < -0.4 is 11.1 Å². The summed E-state index contributed by atoms with van der Waals surface area (Å²) >= 11 is 0. The summed E-state index contributed by atoms with van der Waals surface area (Å²) in [6.07, 6.45) is 1.61. The van der Waals surface area contributed by atoms with Gasteiger partial charge in [-0.3, -0.25) is 15.1 Å². The van der Waals surface area contributed by atoms with Gasteiger partial charge in [0.25, 0.3) is 0 Å². The second kappa shape index (κ2) is 4.81. The zero-order valence-electron chi connectivity index (χ0n) is 10.9.